The Bertz CT molecular complexity index is 74.3. The van der Waals surface area contributed by atoms with E-state index in [0.29, 0.717) is 0 Å². The molecule has 0 unspecified atom stereocenters. The van der Waals surface area contributed by atoms with E-state index in [-0.39, 0.29) is 0 Å². The lowest BCUT2D eigenvalue weighted by atomic mass is 11.7. The highest BCUT2D eigenvalue weighted by atomic mass is 16.2. The predicted octanol–water partition coefficient (Wildman–Crippen LogP) is -1.76. The molecule has 0 saturated carbocycles. The third-order valence-electron chi connectivity index (χ3n) is 0. The summed E-state index contributed by atoms with van der Waals surface area (Å²) in [6.07, 6.45) is 1.50. The number of aliphatic hydroxyl groups excluding tert-OH is 4. The highest BCUT2D eigenvalue weighted by Crippen LogP contribution is 0.871. The Morgan fingerprint density at radius 1 is 0.643 bits per heavy atom. The molecule has 0 fully saturated rings. The zero-order chi connectivity index (χ0) is 13.4. The molecular formula is C6H18N2O6. The molecule has 0 atom stereocenters. The van der Waals surface area contributed by atoms with Crippen molar-refractivity contribution in [2.24, 2.45) is 0 Å². The highest BCUT2D eigenvalue weighted by Gasteiger charge is 1.04. The van der Waals surface area contributed by atoms with E-state index >= 15 is 0 Å². The molecule has 6 N–H and O–H groups in total. The first-order valence-corrected chi connectivity index (χ1v) is 2.70. The van der Waals surface area contributed by atoms with Crippen LogP contribution in [0, 0.1) is 10.8 Å². The molecule has 0 spiro atoms. The second kappa shape index (κ2) is 3620. The van der Waals surface area contributed by atoms with Crippen LogP contribution < -0.4 is 0 Å². The quantitative estimate of drug-likeness (QED) is 0.206. The van der Waals surface area contributed by atoms with Crippen molar-refractivity contribution >= 4 is 12.2 Å². The van der Waals surface area contributed by atoms with E-state index in [4.69, 9.17) is 40.8 Å². The van der Waals surface area contributed by atoms with Crippen LogP contribution in [0.2, 0.25) is 0 Å². The van der Waals surface area contributed by atoms with Crippen LogP contribution in [0.4, 0.5) is 0 Å². The number of aliphatic hydroxyl groups is 4. The fourth-order valence-corrected chi connectivity index (χ4v) is 0. The van der Waals surface area contributed by atoms with Crippen LogP contribution in [-0.4, -0.2) is 61.0 Å². The minimum Gasteiger partial charge on any atom is -0.400 e. The van der Waals surface area contributed by atoms with Gasteiger partial charge in [0, 0.05) is 28.4 Å². The smallest absolute Gasteiger partial charge is 0.231 e. The molecule has 0 aromatic rings. The van der Waals surface area contributed by atoms with Crippen LogP contribution in [-0.2, 0) is 9.59 Å². The van der Waals surface area contributed by atoms with Crippen LogP contribution in [0.5, 0.6) is 0 Å². The molecule has 0 aromatic carbocycles. The number of hydrogen-bond donors (Lipinski definition) is 6. The predicted molar refractivity (Wildman–Crippen MR) is 49.4 cm³/mol. The molecule has 8 nitrogen and oxygen atoms in total. The average Bonchev–Trinajstić information content (AvgIpc) is 2.31. The molecule has 0 heterocycles. The van der Waals surface area contributed by atoms with Crippen molar-refractivity contribution in [2.75, 3.05) is 28.4 Å². The summed E-state index contributed by atoms with van der Waals surface area (Å²) in [5, 5.41) is 38.8. The van der Waals surface area contributed by atoms with Crippen molar-refractivity contribution in [3.05, 3.63) is 0 Å². The summed E-state index contributed by atoms with van der Waals surface area (Å²) < 4.78 is 0. The van der Waals surface area contributed by atoms with E-state index in [0.717, 1.165) is 40.6 Å². The molecule has 0 aliphatic heterocycles. The lowest BCUT2D eigenvalue weighted by Gasteiger charge is -1.21. The first kappa shape index (κ1) is 38.9. The molecular weight excluding hydrogens is 196 g/mol. The van der Waals surface area contributed by atoms with Gasteiger partial charge in [-0.3, -0.25) is 0 Å². The topological polar surface area (TPSA) is 163 Å². The Kier molecular flexibility index (Phi) is 10100. The molecule has 0 radical (unpaired) electrons. The van der Waals surface area contributed by atoms with Gasteiger partial charge in [0.15, 0.2) is 0 Å². The Labute approximate surface area is 82.5 Å². The summed E-state index contributed by atoms with van der Waals surface area (Å²) in [5.74, 6) is 0. The summed E-state index contributed by atoms with van der Waals surface area (Å²) in [7, 11) is 4.00. The fraction of sp³-hybridized carbons (Fsp3) is 0.667. The van der Waals surface area contributed by atoms with Gasteiger partial charge in [-0.05, 0) is 0 Å². The number of rotatable bonds is 0. The van der Waals surface area contributed by atoms with Gasteiger partial charge in [0.2, 0.25) is 12.2 Å². The minimum atomic E-state index is 0.750. The Hall–Kier alpha value is -1.40. The molecule has 0 saturated heterocycles. The van der Waals surface area contributed by atoms with E-state index in [1.165, 1.54) is 0 Å². The Balaban J connectivity index is -0.0000000139. The van der Waals surface area contributed by atoms with Crippen LogP contribution in [0.25, 0.3) is 0 Å². The molecule has 0 amide bonds. The van der Waals surface area contributed by atoms with Crippen LogP contribution in [0.3, 0.4) is 0 Å². The van der Waals surface area contributed by atoms with Gasteiger partial charge in [-0.1, -0.05) is 0 Å². The molecule has 8 heteroatoms. The van der Waals surface area contributed by atoms with Gasteiger partial charge in [0.05, 0.1) is 0 Å². The summed E-state index contributed by atoms with van der Waals surface area (Å²) in [6, 6.07) is 0. The Morgan fingerprint density at radius 2 is 0.643 bits per heavy atom. The van der Waals surface area contributed by atoms with Gasteiger partial charge in [-0.15, -0.1) is 0 Å². The molecule has 0 rings (SSSR count). The molecule has 0 aliphatic rings. The molecule has 88 valence electrons. The molecule has 14 heavy (non-hydrogen) atoms. The van der Waals surface area contributed by atoms with E-state index in [9.17, 15) is 0 Å². The van der Waals surface area contributed by atoms with Crippen molar-refractivity contribution in [2.45, 2.75) is 0 Å². The third-order valence-corrected chi connectivity index (χ3v) is 0. The maximum absolute atomic E-state index is 8.35. The van der Waals surface area contributed by atoms with Crippen LogP contribution >= 0.6 is 0 Å². The fourth-order valence-electron chi connectivity index (χ4n) is 0. The summed E-state index contributed by atoms with van der Waals surface area (Å²) >= 11 is 0. The average molecular weight is 214 g/mol. The second-order valence-electron chi connectivity index (χ2n) is 0.204. The largest absolute Gasteiger partial charge is 0.400 e. The van der Waals surface area contributed by atoms with Gasteiger partial charge >= 0.3 is 0 Å². The normalized spacial score (nSPS) is 2.86. The number of nitrogens with one attached hydrogen (secondary N) is 2. The highest BCUT2D eigenvalue weighted by molar-refractivity contribution is 5.26. The Morgan fingerprint density at radius 3 is 0.643 bits per heavy atom. The molecule has 0 aromatic heterocycles. The maximum atomic E-state index is 8.35. The zero-order valence-corrected chi connectivity index (χ0v) is 8.61. The number of isocyanates is 2. The monoisotopic (exact) mass is 214 g/mol. The van der Waals surface area contributed by atoms with Crippen molar-refractivity contribution in [3.8, 4) is 0 Å². The lowest BCUT2D eigenvalue weighted by Crippen LogP contribution is -1.25. The first-order valence-electron chi connectivity index (χ1n) is 2.70. The molecule has 0 bridgehead atoms. The van der Waals surface area contributed by atoms with Gasteiger partial charge in [-0.2, -0.15) is 0 Å². The second-order valence-corrected chi connectivity index (χ2v) is 0.204. The van der Waals surface area contributed by atoms with Gasteiger partial charge in [-0.25, -0.2) is 20.4 Å². The maximum Gasteiger partial charge on any atom is 0.231 e. The first-order chi connectivity index (χ1) is 6.83. The lowest BCUT2D eigenvalue weighted by molar-refractivity contribution is 0.399. The zero-order valence-electron chi connectivity index (χ0n) is 8.61. The SMILES string of the molecule is CO.CO.CO.CO.N=C=O.N=C=O. The van der Waals surface area contributed by atoms with E-state index in [1.807, 2.05) is 0 Å². The van der Waals surface area contributed by atoms with Crippen LogP contribution in [0.1, 0.15) is 0 Å². The van der Waals surface area contributed by atoms with E-state index in [1.54, 1.807) is 0 Å². The number of hydrogen-bond acceptors (Lipinski definition) is 8. The number of carbonyl (C=O) groups excluding carboxylic acids is 2. The van der Waals surface area contributed by atoms with Crippen LogP contribution in [0.15, 0.2) is 0 Å². The molecule has 0 aliphatic carbocycles. The minimum absolute atomic E-state index is 0.750. The van der Waals surface area contributed by atoms with Crippen molar-refractivity contribution in [1.29, 1.82) is 10.8 Å². The van der Waals surface area contributed by atoms with E-state index < -0.39 is 0 Å². The standard InChI is InChI=1S/2CHNO.4CH4O/c2*2-1-3;4*1-2/h2*2H;4*2H,1H3. The van der Waals surface area contributed by atoms with Gasteiger partial charge in [0.25, 0.3) is 0 Å². The summed E-state index contributed by atoms with van der Waals surface area (Å²) in [5.41, 5.74) is 0. The third kappa shape index (κ3) is 498. The summed E-state index contributed by atoms with van der Waals surface area (Å²) in [4.78, 5) is 16.7. The van der Waals surface area contributed by atoms with Crippen molar-refractivity contribution < 1.29 is 30.0 Å². The van der Waals surface area contributed by atoms with Gasteiger partial charge < -0.3 is 20.4 Å². The summed E-state index contributed by atoms with van der Waals surface area (Å²) in [6.45, 7) is 0. The van der Waals surface area contributed by atoms with Crippen molar-refractivity contribution in [3.63, 3.8) is 0 Å². The van der Waals surface area contributed by atoms with E-state index in [2.05, 4.69) is 0 Å². The van der Waals surface area contributed by atoms with Crippen molar-refractivity contribution in [1.82, 2.24) is 0 Å². The van der Waals surface area contributed by atoms with Gasteiger partial charge in [0.1, 0.15) is 0 Å².